The average molecular weight is 485 g/mol. The lowest BCUT2D eigenvalue weighted by molar-refractivity contribution is -0.149. The van der Waals surface area contributed by atoms with Crippen molar-refractivity contribution in [2.45, 2.75) is 39.3 Å². The summed E-state index contributed by atoms with van der Waals surface area (Å²) in [5.74, 6) is 0.242. The van der Waals surface area contributed by atoms with E-state index in [-0.39, 0.29) is 35.3 Å². The van der Waals surface area contributed by atoms with Gasteiger partial charge >= 0.3 is 5.97 Å². The lowest BCUT2D eigenvalue weighted by atomic mass is 9.91. The highest BCUT2D eigenvalue weighted by Crippen LogP contribution is 2.36. The van der Waals surface area contributed by atoms with Gasteiger partial charge in [0, 0.05) is 10.7 Å². The molecule has 0 aliphatic carbocycles. The summed E-state index contributed by atoms with van der Waals surface area (Å²) < 4.78 is 12.3. The van der Waals surface area contributed by atoms with Crippen LogP contribution >= 0.6 is 11.6 Å². The van der Waals surface area contributed by atoms with Crippen LogP contribution in [0.3, 0.4) is 0 Å². The maximum Gasteiger partial charge on any atom is 0.309 e. The second-order valence-electron chi connectivity index (χ2n) is 8.58. The fourth-order valence-electron chi connectivity index (χ4n) is 4.67. The van der Waals surface area contributed by atoms with Gasteiger partial charge in [-0.25, -0.2) is 0 Å². The molecule has 180 valence electrons. The number of halogens is 1. The van der Waals surface area contributed by atoms with Gasteiger partial charge in [0.1, 0.15) is 11.5 Å². The molecule has 4 rings (SSSR count). The predicted octanol–water partition coefficient (Wildman–Crippen LogP) is 4.52. The Hall–Kier alpha value is -3.03. The first-order valence-electron chi connectivity index (χ1n) is 11.5. The Balaban J connectivity index is 1.75. The minimum atomic E-state index is -0.516. The molecule has 1 fully saturated rings. The molecule has 1 atom stereocenters. The number of ether oxygens (including phenoxy) is 1. The number of hydrogen-bond donors (Lipinski definition) is 1. The summed E-state index contributed by atoms with van der Waals surface area (Å²) in [5, 5.41) is 11.5. The number of carbonyl (C=O) groups is 1. The standard InChI is InChI=1S/C26H29ClN2O5/c1-3-33-26(32)18-9-11-28(12-10-18)24(19-6-4-7-20(27)15-19)23-22(30)14-17(2)29(25(23)31)16-21-8-5-13-34-21/h4-8,13-15,18,24,30H,3,9-12,16H2,1-2H3. The van der Waals surface area contributed by atoms with Gasteiger partial charge in [-0.05, 0) is 75.7 Å². The number of aryl methyl sites for hydroxylation is 1. The van der Waals surface area contributed by atoms with Gasteiger partial charge in [0.15, 0.2) is 0 Å². The molecular weight excluding hydrogens is 456 g/mol. The van der Waals surface area contributed by atoms with Crippen LogP contribution in [-0.2, 0) is 16.1 Å². The largest absolute Gasteiger partial charge is 0.507 e. The number of esters is 1. The first-order valence-corrected chi connectivity index (χ1v) is 11.9. The van der Waals surface area contributed by atoms with E-state index in [0.717, 1.165) is 5.56 Å². The maximum atomic E-state index is 13.8. The zero-order valence-electron chi connectivity index (χ0n) is 19.4. The molecule has 0 saturated carbocycles. The molecule has 3 aromatic rings. The Labute approximate surface area is 203 Å². The summed E-state index contributed by atoms with van der Waals surface area (Å²) >= 11 is 6.31. The van der Waals surface area contributed by atoms with Crippen LogP contribution in [-0.4, -0.2) is 40.2 Å². The monoisotopic (exact) mass is 484 g/mol. The van der Waals surface area contributed by atoms with Crippen molar-refractivity contribution in [1.82, 2.24) is 9.47 Å². The Kier molecular flexibility index (Phi) is 7.44. The van der Waals surface area contributed by atoms with Gasteiger partial charge in [-0.15, -0.1) is 0 Å². The molecule has 3 heterocycles. The minimum Gasteiger partial charge on any atom is -0.507 e. The topological polar surface area (TPSA) is 84.9 Å². The highest BCUT2D eigenvalue weighted by atomic mass is 35.5. The number of rotatable bonds is 7. The van der Waals surface area contributed by atoms with E-state index in [9.17, 15) is 14.7 Å². The number of nitrogens with zero attached hydrogens (tertiary/aromatic N) is 2. The number of furan rings is 1. The summed E-state index contributed by atoms with van der Waals surface area (Å²) in [7, 11) is 0. The van der Waals surface area contributed by atoms with Crippen LogP contribution in [0.15, 0.2) is 57.9 Å². The van der Waals surface area contributed by atoms with Crippen LogP contribution in [0.5, 0.6) is 5.75 Å². The van der Waals surface area contributed by atoms with E-state index in [2.05, 4.69) is 4.90 Å². The van der Waals surface area contributed by atoms with Gasteiger partial charge in [0.2, 0.25) is 0 Å². The van der Waals surface area contributed by atoms with Gasteiger partial charge in [0.25, 0.3) is 5.56 Å². The number of carbonyl (C=O) groups excluding carboxylic acids is 1. The molecule has 1 unspecified atom stereocenters. The highest BCUT2D eigenvalue weighted by Gasteiger charge is 2.34. The normalized spacial score (nSPS) is 15.9. The Bertz CT molecular complexity index is 1200. The molecule has 1 N–H and O–H groups in total. The van der Waals surface area contributed by atoms with Crippen molar-refractivity contribution in [3.8, 4) is 5.75 Å². The molecule has 0 amide bonds. The third-order valence-electron chi connectivity index (χ3n) is 6.37. The van der Waals surface area contributed by atoms with Crippen LogP contribution in [0.2, 0.25) is 5.02 Å². The van der Waals surface area contributed by atoms with Crippen molar-refractivity contribution in [1.29, 1.82) is 0 Å². The van der Waals surface area contributed by atoms with E-state index in [1.165, 1.54) is 0 Å². The van der Waals surface area contributed by atoms with Crippen molar-refractivity contribution in [2.24, 2.45) is 5.92 Å². The number of piperidine rings is 1. The molecule has 0 spiro atoms. The average Bonchev–Trinajstić information content (AvgIpc) is 3.33. The highest BCUT2D eigenvalue weighted by molar-refractivity contribution is 6.30. The number of aromatic nitrogens is 1. The summed E-state index contributed by atoms with van der Waals surface area (Å²) in [6.07, 6.45) is 2.80. The molecule has 8 heteroatoms. The van der Waals surface area contributed by atoms with E-state index < -0.39 is 6.04 Å². The number of benzene rings is 1. The molecule has 1 aliphatic heterocycles. The second-order valence-corrected chi connectivity index (χ2v) is 9.01. The first-order chi connectivity index (χ1) is 16.4. The molecule has 0 bridgehead atoms. The van der Waals surface area contributed by atoms with Crippen LogP contribution in [0.25, 0.3) is 0 Å². The number of pyridine rings is 1. The lowest BCUT2D eigenvalue weighted by Gasteiger charge is -2.37. The van der Waals surface area contributed by atoms with Crippen molar-refractivity contribution in [3.05, 3.63) is 86.7 Å². The van der Waals surface area contributed by atoms with Gasteiger partial charge in [-0.2, -0.15) is 0 Å². The van der Waals surface area contributed by atoms with Gasteiger partial charge < -0.3 is 18.8 Å². The quantitative estimate of drug-likeness (QED) is 0.496. The van der Waals surface area contributed by atoms with Crippen LogP contribution in [0, 0.1) is 12.8 Å². The molecular formula is C26H29ClN2O5. The van der Waals surface area contributed by atoms with Crippen molar-refractivity contribution in [2.75, 3.05) is 19.7 Å². The maximum absolute atomic E-state index is 13.8. The van der Waals surface area contributed by atoms with Crippen molar-refractivity contribution >= 4 is 17.6 Å². The van der Waals surface area contributed by atoms with Crippen LogP contribution < -0.4 is 5.56 Å². The van der Waals surface area contributed by atoms with Crippen LogP contribution in [0.1, 0.15) is 48.4 Å². The van der Waals surface area contributed by atoms with E-state index in [1.54, 1.807) is 42.9 Å². The third-order valence-corrected chi connectivity index (χ3v) is 6.60. The number of aromatic hydroxyl groups is 1. The molecule has 1 aromatic carbocycles. The van der Waals surface area contributed by atoms with Crippen molar-refractivity contribution < 1.29 is 19.1 Å². The van der Waals surface area contributed by atoms with E-state index in [4.69, 9.17) is 20.8 Å². The molecule has 34 heavy (non-hydrogen) atoms. The summed E-state index contributed by atoms with van der Waals surface area (Å²) in [6, 6.07) is 12.0. The van der Waals surface area contributed by atoms with E-state index in [0.29, 0.717) is 49.0 Å². The van der Waals surface area contributed by atoms with Crippen molar-refractivity contribution in [3.63, 3.8) is 0 Å². The lowest BCUT2D eigenvalue weighted by Crippen LogP contribution is -2.42. The SMILES string of the molecule is CCOC(=O)C1CCN(C(c2cccc(Cl)c2)c2c(O)cc(C)n(Cc3ccco3)c2=O)CC1. The Morgan fingerprint density at radius 2 is 2.00 bits per heavy atom. The number of hydrogen-bond acceptors (Lipinski definition) is 6. The zero-order chi connectivity index (χ0) is 24.2. The van der Waals surface area contributed by atoms with Gasteiger partial charge in [-0.1, -0.05) is 23.7 Å². The molecule has 1 aliphatic rings. The van der Waals surface area contributed by atoms with E-state index in [1.807, 2.05) is 24.3 Å². The predicted molar refractivity (Wildman–Crippen MR) is 129 cm³/mol. The number of likely N-dealkylation sites (tertiary alicyclic amines) is 1. The second kappa shape index (κ2) is 10.5. The Morgan fingerprint density at radius 3 is 2.65 bits per heavy atom. The fraction of sp³-hybridized carbons (Fsp3) is 0.385. The zero-order valence-corrected chi connectivity index (χ0v) is 20.1. The van der Waals surface area contributed by atoms with E-state index >= 15 is 0 Å². The third kappa shape index (κ3) is 5.05. The summed E-state index contributed by atoms with van der Waals surface area (Å²) in [6.45, 7) is 5.36. The Morgan fingerprint density at radius 1 is 1.24 bits per heavy atom. The molecule has 2 aromatic heterocycles. The molecule has 7 nitrogen and oxygen atoms in total. The smallest absolute Gasteiger partial charge is 0.309 e. The molecule has 1 saturated heterocycles. The van der Waals surface area contributed by atoms with Crippen LogP contribution in [0.4, 0.5) is 0 Å². The summed E-state index contributed by atoms with van der Waals surface area (Å²) in [4.78, 5) is 28.1. The first kappa shape index (κ1) is 24.1. The minimum absolute atomic E-state index is 0.0595. The van der Waals surface area contributed by atoms with Gasteiger partial charge in [0.05, 0.1) is 36.9 Å². The fourth-order valence-corrected chi connectivity index (χ4v) is 4.87. The molecule has 0 radical (unpaired) electrons. The summed E-state index contributed by atoms with van der Waals surface area (Å²) in [5.41, 5.74) is 1.44. The van der Waals surface area contributed by atoms with Gasteiger partial charge in [-0.3, -0.25) is 14.5 Å².